The van der Waals surface area contributed by atoms with Crippen molar-refractivity contribution in [1.29, 1.82) is 0 Å². The number of rotatable bonds is 5. The number of amides is 1. The van der Waals surface area contributed by atoms with Gasteiger partial charge in [0, 0.05) is 18.0 Å². The van der Waals surface area contributed by atoms with E-state index in [1.807, 2.05) is 18.2 Å². The molecule has 3 rings (SSSR count). The Balaban J connectivity index is 1.73. The maximum Gasteiger partial charge on any atom is 0.274 e. The molecule has 0 bridgehead atoms. The number of benzene rings is 1. The van der Waals surface area contributed by atoms with Gasteiger partial charge in [-0.1, -0.05) is 12.1 Å². The Kier molecular flexibility index (Phi) is 4.94. The Morgan fingerprint density at radius 3 is 2.76 bits per heavy atom. The number of carbonyl (C=O) groups is 1. The van der Waals surface area contributed by atoms with E-state index >= 15 is 0 Å². The van der Waals surface area contributed by atoms with Gasteiger partial charge in [-0.15, -0.1) is 0 Å². The van der Waals surface area contributed by atoms with Crippen LogP contribution in [0.5, 0.6) is 0 Å². The Bertz CT molecular complexity index is 886. The van der Waals surface area contributed by atoms with Crippen molar-refractivity contribution in [3.05, 3.63) is 77.8 Å². The van der Waals surface area contributed by atoms with Gasteiger partial charge >= 0.3 is 0 Å². The molecule has 2 heterocycles. The van der Waals surface area contributed by atoms with Gasteiger partial charge in [0.25, 0.3) is 5.91 Å². The first-order valence-corrected chi connectivity index (χ1v) is 7.66. The normalized spacial score (nSPS) is 10.3. The first-order chi connectivity index (χ1) is 12.1. The largest absolute Gasteiger partial charge is 0.364 e. The number of hydrogen-bond donors (Lipinski definition) is 2. The monoisotopic (exact) mass is 337 g/mol. The number of hydrogen-bond acceptors (Lipinski definition) is 5. The Hall–Kier alpha value is -3.35. The number of carbonyl (C=O) groups excluding carboxylic acids is 1. The maximum absolute atomic E-state index is 13.2. The van der Waals surface area contributed by atoms with Gasteiger partial charge in [-0.25, -0.2) is 14.4 Å². The standard InChI is InChI=1S/C18H16FN5O/c1-12-22-16(18(25)24-14-7-4-5-13(19)9-14)10-17(23-12)21-11-15-6-2-3-8-20-15/h2-10H,11H2,1H3,(H,24,25)(H,21,22,23). The third-order valence-corrected chi connectivity index (χ3v) is 3.33. The second-order valence-corrected chi connectivity index (χ2v) is 5.32. The minimum atomic E-state index is -0.433. The van der Waals surface area contributed by atoms with Gasteiger partial charge in [0.1, 0.15) is 23.2 Å². The second-order valence-electron chi connectivity index (χ2n) is 5.32. The van der Waals surface area contributed by atoms with E-state index in [1.165, 1.54) is 18.2 Å². The maximum atomic E-state index is 13.2. The van der Waals surface area contributed by atoms with Gasteiger partial charge in [0.2, 0.25) is 0 Å². The Morgan fingerprint density at radius 1 is 1.12 bits per heavy atom. The Labute approximate surface area is 144 Å². The van der Waals surface area contributed by atoms with Crippen molar-refractivity contribution in [1.82, 2.24) is 15.0 Å². The van der Waals surface area contributed by atoms with E-state index in [-0.39, 0.29) is 5.69 Å². The zero-order valence-corrected chi connectivity index (χ0v) is 13.5. The summed E-state index contributed by atoms with van der Waals surface area (Å²) in [6.45, 7) is 2.17. The van der Waals surface area contributed by atoms with Gasteiger partial charge in [-0.2, -0.15) is 0 Å². The molecule has 0 unspecified atom stereocenters. The van der Waals surface area contributed by atoms with E-state index in [4.69, 9.17) is 0 Å². The zero-order chi connectivity index (χ0) is 17.6. The van der Waals surface area contributed by atoms with E-state index in [9.17, 15) is 9.18 Å². The van der Waals surface area contributed by atoms with Crippen LogP contribution in [0.4, 0.5) is 15.9 Å². The highest BCUT2D eigenvalue weighted by Crippen LogP contribution is 2.13. The minimum Gasteiger partial charge on any atom is -0.364 e. The van der Waals surface area contributed by atoms with Gasteiger partial charge in [-0.05, 0) is 37.3 Å². The van der Waals surface area contributed by atoms with Crippen LogP contribution < -0.4 is 10.6 Å². The summed E-state index contributed by atoms with van der Waals surface area (Å²) in [5, 5.41) is 5.73. The quantitative estimate of drug-likeness (QED) is 0.747. The van der Waals surface area contributed by atoms with Gasteiger partial charge < -0.3 is 10.6 Å². The third kappa shape index (κ3) is 4.57. The molecule has 25 heavy (non-hydrogen) atoms. The highest BCUT2D eigenvalue weighted by atomic mass is 19.1. The minimum absolute atomic E-state index is 0.195. The first kappa shape index (κ1) is 16.5. The summed E-state index contributed by atoms with van der Waals surface area (Å²) in [6, 6.07) is 12.9. The predicted octanol–water partition coefficient (Wildman–Crippen LogP) is 3.18. The summed E-state index contributed by atoms with van der Waals surface area (Å²) in [7, 11) is 0. The first-order valence-electron chi connectivity index (χ1n) is 7.66. The van der Waals surface area contributed by atoms with E-state index < -0.39 is 11.7 Å². The molecule has 0 atom stereocenters. The summed E-state index contributed by atoms with van der Waals surface area (Å²) in [5.74, 6) is 0.115. The lowest BCUT2D eigenvalue weighted by atomic mass is 10.3. The third-order valence-electron chi connectivity index (χ3n) is 3.33. The topological polar surface area (TPSA) is 79.8 Å². The molecule has 0 fully saturated rings. The molecule has 0 saturated heterocycles. The number of aromatic nitrogens is 3. The van der Waals surface area contributed by atoms with Crippen LogP contribution in [0.2, 0.25) is 0 Å². The lowest BCUT2D eigenvalue weighted by Crippen LogP contribution is -2.16. The molecule has 0 spiro atoms. The molecule has 6 nitrogen and oxygen atoms in total. The van der Waals surface area contributed by atoms with Crippen LogP contribution in [-0.4, -0.2) is 20.9 Å². The molecule has 1 amide bonds. The average molecular weight is 337 g/mol. The number of anilines is 2. The average Bonchev–Trinajstić information content (AvgIpc) is 2.60. The molecule has 2 aromatic heterocycles. The Morgan fingerprint density at radius 2 is 2.00 bits per heavy atom. The van der Waals surface area contributed by atoms with Crippen molar-refractivity contribution in [2.24, 2.45) is 0 Å². The van der Waals surface area contributed by atoms with E-state index in [0.717, 1.165) is 5.69 Å². The number of pyridine rings is 1. The highest BCUT2D eigenvalue weighted by Gasteiger charge is 2.11. The lowest BCUT2D eigenvalue weighted by Gasteiger charge is -2.09. The van der Waals surface area contributed by atoms with Crippen LogP contribution in [0.1, 0.15) is 22.0 Å². The molecule has 0 saturated carbocycles. The van der Waals surface area contributed by atoms with Crippen LogP contribution in [-0.2, 0) is 6.54 Å². The predicted molar refractivity (Wildman–Crippen MR) is 92.7 cm³/mol. The number of nitrogens with zero attached hydrogens (tertiary/aromatic N) is 3. The van der Waals surface area contributed by atoms with E-state index in [0.29, 0.717) is 23.9 Å². The lowest BCUT2D eigenvalue weighted by molar-refractivity contribution is 0.102. The smallest absolute Gasteiger partial charge is 0.274 e. The number of aryl methyl sites for hydroxylation is 1. The van der Waals surface area contributed by atoms with Gasteiger partial charge in [0.05, 0.1) is 12.2 Å². The summed E-state index contributed by atoms with van der Waals surface area (Å²) >= 11 is 0. The van der Waals surface area contributed by atoms with Crippen LogP contribution in [0.15, 0.2) is 54.7 Å². The van der Waals surface area contributed by atoms with Crippen LogP contribution in [0, 0.1) is 12.7 Å². The molecule has 7 heteroatoms. The molecule has 1 aromatic carbocycles. The van der Waals surface area contributed by atoms with Crippen LogP contribution >= 0.6 is 0 Å². The van der Waals surface area contributed by atoms with E-state index in [2.05, 4.69) is 25.6 Å². The van der Waals surface area contributed by atoms with Crippen LogP contribution in [0.25, 0.3) is 0 Å². The fourth-order valence-electron chi connectivity index (χ4n) is 2.22. The molecule has 126 valence electrons. The summed E-state index contributed by atoms with van der Waals surface area (Å²) in [5.41, 5.74) is 1.41. The molecule has 0 aliphatic carbocycles. The molecule has 3 aromatic rings. The highest BCUT2D eigenvalue weighted by molar-refractivity contribution is 6.03. The van der Waals surface area contributed by atoms with Crippen molar-refractivity contribution in [2.75, 3.05) is 10.6 Å². The fourth-order valence-corrected chi connectivity index (χ4v) is 2.22. The summed E-state index contributed by atoms with van der Waals surface area (Å²) in [6.07, 6.45) is 1.71. The van der Waals surface area contributed by atoms with Gasteiger partial charge in [0.15, 0.2) is 0 Å². The zero-order valence-electron chi connectivity index (χ0n) is 13.5. The molecule has 2 N–H and O–H groups in total. The summed E-state index contributed by atoms with van der Waals surface area (Å²) in [4.78, 5) is 25.0. The second kappa shape index (κ2) is 7.48. The van der Waals surface area contributed by atoms with Crippen molar-refractivity contribution in [3.8, 4) is 0 Å². The molecule has 0 radical (unpaired) electrons. The van der Waals surface area contributed by atoms with Crippen molar-refractivity contribution in [3.63, 3.8) is 0 Å². The van der Waals surface area contributed by atoms with E-state index in [1.54, 1.807) is 25.3 Å². The van der Waals surface area contributed by atoms with Crippen LogP contribution in [0.3, 0.4) is 0 Å². The molecule has 0 aliphatic rings. The fraction of sp³-hybridized carbons (Fsp3) is 0.111. The van der Waals surface area contributed by atoms with Gasteiger partial charge in [-0.3, -0.25) is 9.78 Å². The van der Waals surface area contributed by atoms with Crippen molar-refractivity contribution in [2.45, 2.75) is 13.5 Å². The molecule has 0 aliphatic heterocycles. The molecular formula is C18H16FN5O. The summed E-state index contributed by atoms with van der Waals surface area (Å²) < 4.78 is 13.2. The van der Waals surface area contributed by atoms with Crippen molar-refractivity contribution < 1.29 is 9.18 Å². The SMILES string of the molecule is Cc1nc(NCc2ccccn2)cc(C(=O)Nc2cccc(F)c2)n1. The van der Waals surface area contributed by atoms with Crippen molar-refractivity contribution >= 4 is 17.4 Å². The number of halogens is 1. The number of nitrogens with one attached hydrogen (secondary N) is 2. The molecular weight excluding hydrogens is 321 g/mol.